The first-order valence-electron chi connectivity index (χ1n) is 6.71. The van der Waals surface area contributed by atoms with E-state index in [2.05, 4.69) is 5.32 Å². The van der Waals surface area contributed by atoms with Gasteiger partial charge in [-0.05, 0) is 12.8 Å². The van der Waals surface area contributed by atoms with Gasteiger partial charge in [-0.15, -0.1) is 0 Å². The molecule has 1 saturated heterocycles. The third-order valence-electron chi connectivity index (χ3n) is 3.43. The summed E-state index contributed by atoms with van der Waals surface area (Å²) in [4.78, 5) is 27.5. The van der Waals surface area contributed by atoms with Crippen molar-refractivity contribution >= 4 is 12.0 Å². The van der Waals surface area contributed by atoms with Gasteiger partial charge in [0.1, 0.15) is 6.04 Å². The number of nitrogens with zero attached hydrogens (tertiary/aromatic N) is 2. The summed E-state index contributed by atoms with van der Waals surface area (Å²) in [6, 6.07) is -0.373. The SMILES string of the molecule is COC(=O)[C@H](C(C)C)N(C)C(=O)N1CCN[C@@H](C)C1. The standard InChI is InChI=1S/C13H25N3O3/c1-9(2)11(12(17)19-5)15(4)13(18)16-7-6-14-10(3)8-16/h9-11,14H,6-8H2,1-5H3/t10-,11-/m0/s1. The van der Waals surface area contributed by atoms with Crippen molar-refractivity contribution in [2.45, 2.75) is 32.9 Å². The molecule has 6 heteroatoms. The Bertz CT molecular complexity index is 333. The molecule has 0 aromatic heterocycles. The van der Waals surface area contributed by atoms with Crippen LogP contribution in [0.1, 0.15) is 20.8 Å². The molecule has 0 aromatic rings. The van der Waals surface area contributed by atoms with Crippen LogP contribution in [0.5, 0.6) is 0 Å². The summed E-state index contributed by atoms with van der Waals surface area (Å²) in [5, 5.41) is 3.29. The van der Waals surface area contributed by atoms with Crippen LogP contribution in [0.4, 0.5) is 4.79 Å². The van der Waals surface area contributed by atoms with Gasteiger partial charge in [0, 0.05) is 32.7 Å². The molecule has 0 unspecified atom stereocenters. The minimum atomic E-state index is -0.539. The highest BCUT2D eigenvalue weighted by Gasteiger charge is 2.33. The summed E-state index contributed by atoms with van der Waals surface area (Å²) in [6.07, 6.45) is 0. The van der Waals surface area contributed by atoms with E-state index < -0.39 is 6.04 Å². The molecule has 110 valence electrons. The van der Waals surface area contributed by atoms with Gasteiger partial charge in [-0.2, -0.15) is 0 Å². The first-order valence-corrected chi connectivity index (χ1v) is 6.71. The largest absolute Gasteiger partial charge is 0.467 e. The second-order valence-electron chi connectivity index (χ2n) is 5.41. The lowest BCUT2D eigenvalue weighted by atomic mass is 10.0. The van der Waals surface area contributed by atoms with Crippen molar-refractivity contribution in [3.8, 4) is 0 Å². The van der Waals surface area contributed by atoms with Gasteiger partial charge in [0.15, 0.2) is 0 Å². The zero-order chi connectivity index (χ0) is 14.6. The fourth-order valence-electron chi connectivity index (χ4n) is 2.45. The minimum absolute atomic E-state index is 0.0155. The minimum Gasteiger partial charge on any atom is -0.467 e. The molecule has 19 heavy (non-hydrogen) atoms. The number of likely N-dealkylation sites (N-methyl/N-ethyl adjacent to an activating group) is 1. The molecule has 2 atom stereocenters. The molecule has 2 amide bonds. The van der Waals surface area contributed by atoms with E-state index in [1.54, 1.807) is 11.9 Å². The number of urea groups is 1. The Labute approximate surface area is 115 Å². The van der Waals surface area contributed by atoms with E-state index in [0.717, 1.165) is 6.54 Å². The van der Waals surface area contributed by atoms with Crippen LogP contribution in [0, 0.1) is 5.92 Å². The predicted molar refractivity (Wildman–Crippen MR) is 72.8 cm³/mol. The van der Waals surface area contributed by atoms with Gasteiger partial charge in [0.2, 0.25) is 0 Å². The van der Waals surface area contributed by atoms with E-state index >= 15 is 0 Å². The van der Waals surface area contributed by atoms with E-state index in [0.29, 0.717) is 13.1 Å². The summed E-state index contributed by atoms with van der Waals surface area (Å²) in [7, 11) is 3.01. The molecule has 1 fully saturated rings. The molecule has 1 aliphatic heterocycles. The average Bonchev–Trinajstić information content (AvgIpc) is 2.37. The van der Waals surface area contributed by atoms with E-state index in [1.807, 2.05) is 20.8 Å². The van der Waals surface area contributed by atoms with Gasteiger partial charge in [-0.1, -0.05) is 13.8 Å². The summed E-state index contributed by atoms with van der Waals surface area (Å²) in [6.45, 7) is 7.97. The normalized spacial score (nSPS) is 21.2. The number of nitrogens with one attached hydrogen (secondary N) is 1. The Morgan fingerprint density at radius 2 is 2.05 bits per heavy atom. The monoisotopic (exact) mass is 271 g/mol. The van der Waals surface area contributed by atoms with Crippen molar-refractivity contribution in [1.82, 2.24) is 15.1 Å². The Balaban J connectivity index is 2.75. The molecule has 0 saturated carbocycles. The zero-order valence-electron chi connectivity index (χ0n) is 12.5. The van der Waals surface area contributed by atoms with Gasteiger partial charge in [-0.25, -0.2) is 9.59 Å². The van der Waals surface area contributed by atoms with E-state index in [9.17, 15) is 9.59 Å². The van der Waals surface area contributed by atoms with Crippen LogP contribution in [0.2, 0.25) is 0 Å². The predicted octanol–water partition coefficient (Wildman–Crippen LogP) is 0.530. The number of amides is 2. The van der Waals surface area contributed by atoms with Gasteiger partial charge in [0.25, 0.3) is 0 Å². The molecule has 1 heterocycles. The highest BCUT2D eigenvalue weighted by atomic mass is 16.5. The number of rotatable bonds is 3. The first kappa shape index (κ1) is 15.8. The molecule has 0 spiro atoms. The maximum Gasteiger partial charge on any atom is 0.328 e. The van der Waals surface area contributed by atoms with Gasteiger partial charge >= 0.3 is 12.0 Å². The number of carbonyl (C=O) groups is 2. The van der Waals surface area contributed by atoms with Crippen LogP contribution < -0.4 is 5.32 Å². The maximum absolute atomic E-state index is 12.4. The molecule has 0 aromatic carbocycles. The molecule has 0 radical (unpaired) electrons. The van der Waals surface area contributed by atoms with E-state index in [4.69, 9.17) is 4.74 Å². The van der Waals surface area contributed by atoms with Crippen molar-refractivity contribution in [2.75, 3.05) is 33.8 Å². The Kier molecular flexibility index (Phi) is 5.60. The van der Waals surface area contributed by atoms with Gasteiger partial charge in [0.05, 0.1) is 7.11 Å². The summed E-state index contributed by atoms with van der Waals surface area (Å²) >= 11 is 0. The zero-order valence-corrected chi connectivity index (χ0v) is 12.5. The lowest BCUT2D eigenvalue weighted by molar-refractivity contribution is -0.147. The van der Waals surface area contributed by atoms with E-state index in [1.165, 1.54) is 12.0 Å². The van der Waals surface area contributed by atoms with E-state index in [-0.39, 0.29) is 24.0 Å². The molecule has 0 aliphatic carbocycles. The third kappa shape index (κ3) is 3.83. The van der Waals surface area contributed by atoms with Crippen LogP contribution in [0.25, 0.3) is 0 Å². The van der Waals surface area contributed by atoms with Crippen molar-refractivity contribution in [2.24, 2.45) is 5.92 Å². The molecule has 1 aliphatic rings. The quantitative estimate of drug-likeness (QED) is 0.761. The van der Waals surface area contributed by atoms with Crippen molar-refractivity contribution in [3.63, 3.8) is 0 Å². The highest BCUT2D eigenvalue weighted by molar-refractivity contribution is 5.83. The summed E-state index contributed by atoms with van der Waals surface area (Å²) in [5.41, 5.74) is 0. The molecular formula is C13H25N3O3. The number of methoxy groups -OCH3 is 1. The topological polar surface area (TPSA) is 61.9 Å². The lowest BCUT2D eigenvalue weighted by Crippen LogP contribution is -2.57. The third-order valence-corrected chi connectivity index (χ3v) is 3.43. The number of hydrogen-bond acceptors (Lipinski definition) is 4. The smallest absolute Gasteiger partial charge is 0.328 e. The number of esters is 1. The fraction of sp³-hybridized carbons (Fsp3) is 0.846. The van der Waals surface area contributed by atoms with Gasteiger partial charge < -0.3 is 19.9 Å². The van der Waals surface area contributed by atoms with Gasteiger partial charge in [-0.3, -0.25) is 0 Å². The van der Waals surface area contributed by atoms with Crippen LogP contribution in [0.3, 0.4) is 0 Å². The summed E-state index contributed by atoms with van der Waals surface area (Å²) < 4.78 is 4.79. The maximum atomic E-state index is 12.4. The van der Waals surface area contributed by atoms with Crippen molar-refractivity contribution in [3.05, 3.63) is 0 Å². The molecular weight excluding hydrogens is 246 g/mol. The lowest BCUT2D eigenvalue weighted by Gasteiger charge is -2.37. The van der Waals surface area contributed by atoms with Crippen LogP contribution >= 0.6 is 0 Å². The number of carbonyl (C=O) groups excluding carboxylic acids is 2. The van der Waals surface area contributed by atoms with Crippen LogP contribution in [0.15, 0.2) is 0 Å². The Morgan fingerprint density at radius 1 is 1.42 bits per heavy atom. The van der Waals surface area contributed by atoms with Crippen LogP contribution in [-0.4, -0.2) is 67.7 Å². The Hall–Kier alpha value is -1.30. The first-order chi connectivity index (χ1) is 8.88. The number of piperazine rings is 1. The summed E-state index contributed by atoms with van der Waals surface area (Å²) in [5.74, 6) is -0.351. The second-order valence-corrected chi connectivity index (χ2v) is 5.41. The molecule has 0 bridgehead atoms. The van der Waals surface area contributed by atoms with Crippen molar-refractivity contribution < 1.29 is 14.3 Å². The molecule has 6 nitrogen and oxygen atoms in total. The fourth-order valence-corrected chi connectivity index (χ4v) is 2.45. The second kappa shape index (κ2) is 6.75. The Morgan fingerprint density at radius 3 is 2.53 bits per heavy atom. The number of hydrogen-bond donors (Lipinski definition) is 1. The van der Waals surface area contributed by atoms with Crippen LogP contribution in [-0.2, 0) is 9.53 Å². The molecule has 1 N–H and O–H groups in total. The average molecular weight is 271 g/mol. The van der Waals surface area contributed by atoms with Crippen molar-refractivity contribution in [1.29, 1.82) is 0 Å². The highest BCUT2D eigenvalue weighted by Crippen LogP contribution is 2.14. The molecule has 1 rings (SSSR count). The number of ether oxygens (including phenoxy) is 1.